The summed E-state index contributed by atoms with van der Waals surface area (Å²) < 4.78 is 2.66. The fourth-order valence-corrected chi connectivity index (χ4v) is 2.30. The van der Waals surface area contributed by atoms with Gasteiger partial charge in [0.05, 0.1) is 0 Å². The summed E-state index contributed by atoms with van der Waals surface area (Å²) in [7, 11) is 0. The molecule has 3 heterocycles. The summed E-state index contributed by atoms with van der Waals surface area (Å²) in [4.78, 5) is 15.4. The van der Waals surface area contributed by atoms with Crippen LogP contribution >= 0.6 is 15.9 Å². The van der Waals surface area contributed by atoms with E-state index < -0.39 is 0 Å². The summed E-state index contributed by atoms with van der Waals surface area (Å²) in [6, 6.07) is 3.99. The first-order valence-corrected chi connectivity index (χ1v) is 6.55. The van der Waals surface area contributed by atoms with Gasteiger partial charge in [-0.1, -0.05) is 0 Å². The quantitative estimate of drug-likeness (QED) is 0.893. The van der Waals surface area contributed by atoms with E-state index in [0.29, 0.717) is 18.9 Å². The number of carbonyl (C=O) groups excluding carboxylic acids is 1. The molecule has 2 aromatic rings. The molecule has 7 heteroatoms. The minimum Gasteiger partial charge on any atom is -0.352 e. The molecule has 1 unspecified atom stereocenters. The lowest BCUT2D eigenvalue weighted by Gasteiger charge is -2.09. The smallest absolute Gasteiger partial charge is 0.243 e. The molecule has 94 valence electrons. The second-order valence-electron chi connectivity index (χ2n) is 4.27. The van der Waals surface area contributed by atoms with E-state index in [0.717, 1.165) is 16.5 Å². The number of hydrogen-bond acceptors (Lipinski definition) is 4. The van der Waals surface area contributed by atoms with Crippen LogP contribution in [0.2, 0.25) is 0 Å². The van der Waals surface area contributed by atoms with Gasteiger partial charge in [0.15, 0.2) is 5.65 Å². The molecule has 2 aromatic heterocycles. The molecule has 18 heavy (non-hydrogen) atoms. The molecule has 0 radical (unpaired) electrons. The number of carbonyl (C=O) groups is 1. The molecule has 1 fully saturated rings. The lowest BCUT2D eigenvalue weighted by atomic mass is 10.2. The molecule has 1 saturated heterocycles. The molecule has 1 atom stereocenters. The third kappa shape index (κ3) is 2.31. The van der Waals surface area contributed by atoms with Gasteiger partial charge in [0, 0.05) is 29.7 Å². The Morgan fingerprint density at radius 2 is 2.44 bits per heavy atom. The molecule has 2 N–H and O–H groups in total. The number of amides is 1. The third-order valence-corrected chi connectivity index (χ3v) is 3.36. The summed E-state index contributed by atoms with van der Waals surface area (Å²) in [5.74, 6) is 0.697. The van der Waals surface area contributed by atoms with Gasteiger partial charge in [0.1, 0.15) is 0 Å². The Kier molecular flexibility index (Phi) is 2.91. The van der Waals surface area contributed by atoms with E-state index in [4.69, 9.17) is 0 Å². The van der Waals surface area contributed by atoms with Gasteiger partial charge in [0.2, 0.25) is 11.9 Å². The van der Waals surface area contributed by atoms with Crippen LogP contribution in [0.3, 0.4) is 0 Å². The van der Waals surface area contributed by atoms with E-state index in [1.165, 1.54) is 0 Å². The van der Waals surface area contributed by atoms with Crippen molar-refractivity contribution in [3.8, 4) is 0 Å². The SMILES string of the molecule is O=C1CCC(CNc2nc3ccc(Br)cn3n2)N1. The minimum absolute atomic E-state index is 0.119. The molecule has 0 aromatic carbocycles. The van der Waals surface area contributed by atoms with E-state index in [9.17, 15) is 4.79 Å². The first kappa shape index (κ1) is 11.5. The Bertz CT molecular complexity index is 596. The largest absolute Gasteiger partial charge is 0.352 e. The van der Waals surface area contributed by atoms with Crippen molar-refractivity contribution in [2.75, 3.05) is 11.9 Å². The molecule has 0 saturated carbocycles. The molecule has 0 aliphatic carbocycles. The highest BCUT2D eigenvalue weighted by atomic mass is 79.9. The van der Waals surface area contributed by atoms with Gasteiger partial charge in [-0.25, -0.2) is 4.52 Å². The molecule has 1 aliphatic heterocycles. The number of nitrogens with zero attached hydrogens (tertiary/aromatic N) is 3. The van der Waals surface area contributed by atoms with Crippen LogP contribution in [0.1, 0.15) is 12.8 Å². The second kappa shape index (κ2) is 4.56. The van der Waals surface area contributed by atoms with Gasteiger partial charge >= 0.3 is 0 Å². The average molecular weight is 310 g/mol. The van der Waals surface area contributed by atoms with Crippen LogP contribution in [0.5, 0.6) is 0 Å². The zero-order chi connectivity index (χ0) is 12.5. The van der Waals surface area contributed by atoms with Crippen LogP contribution in [-0.4, -0.2) is 33.1 Å². The van der Waals surface area contributed by atoms with E-state index in [2.05, 4.69) is 36.6 Å². The van der Waals surface area contributed by atoms with Crippen LogP contribution in [-0.2, 0) is 4.79 Å². The number of hydrogen-bond donors (Lipinski definition) is 2. The van der Waals surface area contributed by atoms with Crippen molar-refractivity contribution in [2.24, 2.45) is 0 Å². The fourth-order valence-electron chi connectivity index (χ4n) is 1.98. The fraction of sp³-hybridized carbons (Fsp3) is 0.364. The number of anilines is 1. The molecular weight excluding hydrogens is 298 g/mol. The number of pyridine rings is 1. The minimum atomic E-state index is 0.119. The number of fused-ring (bicyclic) bond motifs is 1. The Hall–Kier alpha value is -1.63. The number of nitrogens with one attached hydrogen (secondary N) is 2. The first-order chi connectivity index (χ1) is 8.70. The van der Waals surface area contributed by atoms with Crippen LogP contribution < -0.4 is 10.6 Å². The topological polar surface area (TPSA) is 71.3 Å². The van der Waals surface area contributed by atoms with Gasteiger partial charge in [-0.3, -0.25) is 4.79 Å². The van der Waals surface area contributed by atoms with Gasteiger partial charge < -0.3 is 10.6 Å². The summed E-state index contributed by atoms with van der Waals surface area (Å²) >= 11 is 3.38. The molecule has 3 rings (SSSR count). The van der Waals surface area contributed by atoms with Crippen molar-refractivity contribution in [3.05, 3.63) is 22.8 Å². The van der Waals surface area contributed by atoms with Crippen molar-refractivity contribution < 1.29 is 4.79 Å². The Morgan fingerprint density at radius 1 is 1.56 bits per heavy atom. The zero-order valence-electron chi connectivity index (χ0n) is 9.56. The molecule has 1 amide bonds. The Labute approximate surface area is 112 Å². The molecular formula is C11H12BrN5O. The third-order valence-electron chi connectivity index (χ3n) is 2.89. The Balaban J connectivity index is 1.69. The Morgan fingerprint density at radius 3 is 3.22 bits per heavy atom. The maximum atomic E-state index is 11.1. The molecule has 0 spiro atoms. The predicted molar refractivity (Wildman–Crippen MR) is 70.3 cm³/mol. The van der Waals surface area contributed by atoms with Crippen LogP contribution in [0.15, 0.2) is 22.8 Å². The highest BCUT2D eigenvalue weighted by Gasteiger charge is 2.20. The van der Waals surface area contributed by atoms with Gasteiger partial charge in [-0.2, -0.15) is 4.98 Å². The van der Waals surface area contributed by atoms with Crippen LogP contribution in [0.4, 0.5) is 5.95 Å². The van der Waals surface area contributed by atoms with E-state index in [-0.39, 0.29) is 11.9 Å². The van der Waals surface area contributed by atoms with Gasteiger partial charge in [-0.05, 0) is 34.5 Å². The standard InChI is InChI=1S/C11H12BrN5O/c12-7-1-3-9-15-11(16-17(9)6-7)13-5-8-2-4-10(18)14-8/h1,3,6,8H,2,4-5H2,(H,13,16)(H,14,18). The average Bonchev–Trinajstić information content (AvgIpc) is 2.92. The predicted octanol–water partition coefficient (Wildman–Crippen LogP) is 1.18. The normalized spacial score (nSPS) is 19.2. The van der Waals surface area contributed by atoms with Crippen molar-refractivity contribution in [2.45, 2.75) is 18.9 Å². The monoisotopic (exact) mass is 309 g/mol. The number of halogens is 1. The van der Waals surface area contributed by atoms with Gasteiger partial charge in [0.25, 0.3) is 0 Å². The maximum absolute atomic E-state index is 11.1. The highest BCUT2D eigenvalue weighted by molar-refractivity contribution is 9.10. The summed E-state index contributed by atoms with van der Waals surface area (Å²) in [6.07, 6.45) is 3.33. The summed E-state index contributed by atoms with van der Waals surface area (Å²) in [6.45, 7) is 0.657. The molecule has 0 bridgehead atoms. The summed E-state index contributed by atoms with van der Waals surface area (Å²) in [5.41, 5.74) is 0.788. The van der Waals surface area contributed by atoms with Crippen LogP contribution in [0.25, 0.3) is 5.65 Å². The summed E-state index contributed by atoms with van der Waals surface area (Å²) in [5, 5.41) is 10.3. The lowest BCUT2D eigenvalue weighted by Crippen LogP contribution is -2.32. The van der Waals surface area contributed by atoms with Crippen molar-refractivity contribution in [3.63, 3.8) is 0 Å². The second-order valence-corrected chi connectivity index (χ2v) is 5.19. The number of rotatable bonds is 3. The van der Waals surface area contributed by atoms with Crippen molar-refractivity contribution in [1.82, 2.24) is 19.9 Å². The zero-order valence-corrected chi connectivity index (χ0v) is 11.1. The van der Waals surface area contributed by atoms with Gasteiger partial charge in [-0.15, -0.1) is 5.10 Å². The first-order valence-electron chi connectivity index (χ1n) is 5.76. The van der Waals surface area contributed by atoms with E-state index in [1.807, 2.05) is 18.3 Å². The van der Waals surface area contributed by atoms with E-state index >= 15 is 0 Å². The van der Waals surface area contributed by atoms with Crippen molar-refractivity contribution in [1.29, 1.82) is 0 Å². The molecule has 1 aliphatic rings. The molecule has 6 nitrogen and oxygen atoms in total. The lowest BCUT2D eigenvalue weighted by molar-refractivity contribution is -0.119. The van der Waals surface area contributed by atoms with Crippen molar-refractivity contribution >= 4 is 33.4 Å². The van der Waals surface area contributed by atoms with Crippen LogP contribution in [0, 0.1) is 0 Å². The number of aromatic nitrogens is 3. The maximum Gasteiger partial charge on any atom is 0.243 e. The highest BCUT2D eigenvalue weighted by Crippen LogP contribution is 2.13. The van der Waals surface area contributed by atoms with E-state index in [1.54, 1.807) is 4.52 Å².